The Bertz CT molecular complexity index is 668. The Morgan fingerprint density at radius 2 is 2.00 bits per heavy atom. The number of nitro benzene ring substituents is 1. The van der Waals surface area contributed by atoms with Crippen LogP contribution in [-0.4, -0.2) is 18.9 Å². The average molecular weight is 314 g/mol. The Labute approximate surface area is 122 Å². The molecule has 0 saturated heterocycles. The van der Waals surface area contributed by atoms with Crippen molar-refractivity contribution in [2.24, 2.45) is 11.8 Å². The Kier molecular flexibility index (Phi) is 3.91. The summed E-state index contributed by atoms with van der Waals surface area (Å²) in [6.07, 6.45) is 1.89. The maximum absolute atomic E-state index is 12.5. The number of nitrogen functional groups attached to an aromatic ring is 1. The third kappa shape index (κ3) is 3.31. The molecule has 4 N–H and O–H groups in total. The van der Waals surface area contributed by atoms with Gasteiger partial charge in [0.05, 0.1) is 10.6 Å². The zero-order valence-electron chi connectivity index (χ0n) is 11.8. The highest BCUT2D eigenvalue weighted by molar-refractivity contribution is 7.89. The summed E-state index contributed by atoms with van der Waals surface area (Å²) in [5.41, 5.74) is 1.45. The topological polar surface area (TPSA) is 127 Å². The van der Waals surface area contributed by atoms with Crippen LogP contribution in [-0.2, 0) is 10.0 Å². The van der Waals surface area contributed by atoms with E-state index in [1.807, 2.05) is 0 Å². The van der Waals surface area contributed by atoms with Gasteiger partial charge in [0.2, 0.25) is 10.0 Å². The number of nitrogens with one attached hydrogen (secondary N) is 2. The Morgan fingerprint density at radius 3 is 2.48 bits per heavy atom. The van der Waals surface area contributed by atoms with Crippen LogP contribution in [0.3, 0.4) is 0 Å². The number of hydrogen-bond donors (Lipinski definition) is 3. The van der Waals surface area contributed by atoms with Gasteiger partial charge < -0.3 is 5.43 Å². The van der Waals surface area contributed by atoms with Gasteiger partial charge in [-0.05, 0) is 44.7 Å². The van der Waals surface area contributed by atoms with Crippen molar-refractivity contribution in [2.75, 3.05) is 5.43 Å². The van der Waals surface area contributed by atoms with Gasteiger partial charge in [-0.2, -0.15) is 0 Å². The van der Waals surface area contributed by atoms with Crippen LogP contribution in [0.1, 0.15) is 26.7 Å². The van der Waals surface area contributed by atoms with E-state index < -0.39 is 31.1 Å². The highest BCUT2D eigenvalue weighted by Gasteiger charge is 2.41. The van der Waals surface area contributed by atoms with Gasteiger partial charge in [-0.25, -0.2) is 13.1 Å². The van der Waals surface area contributed by atoms with Gasteiger partial charge in [-0.15, -0.1) is 0 Å². The molecular weight excluding hydrogens is 296 g/mol. The fourth-order valence-corrected chi connectivity index (χ4v) is 3.93. The molecule has 0 unspecified atom stereocenters. The first kappa shape index (κ1) is 15.7. The maximum atomic E-state index is 12.5. The van der Waals surface area contributed by atoms with E-state index in [1.54, 1.807) is 13.8 Å². The third-order valence-electron chi connectivity index (χ3n) is 3.61. The number of anilines is 1. The predicted octanol–water partition coefficient (Wildman–Crippen LogP) is 1.35. The van der Waals surface area contributed by atoms with Crippen molar-refractivity contribution in [3.05, 3.63) is 28.3 Å². The van der Waals surface area contributed by atoms with E-state index in [4.69, 9.17) is 5.84 Å². The Hall–Kier alpha value is -1.71. The number of hydrazine groups is 1. The fraction of sp³-hybridized carbons (Fsp3) is 0.500. The molecule has 21 heavy (non-hydrogen) atoms. The summed E-state index contributed by atoms with van der Waals surface area (Å²) in [5.74, 6) is 5.49. The lowest BCUT2D eigenvalue weighted by molar-refractivity contribution is -0.387. The van der Waals surface area contributed by atoms with Crippen LogP contribution in [0.4, 0.5) is 11.4 Å². The highest BCUT2D eigenvalue weighted by atomic mass is 32.2. The molecule has 8 nitrogen and oxygen atoms in total. The van der Waals surface area contributed by atoms with Crippen LogP contribution in [0.15, 0.2) is 23.1 Å². The van der Waals surface area contributed by atoms with Gasteiger partial charge >= 0.3 is 0 Å². The SMILES string of the molecule is CC(C)(NS(=O)(=O)c1cc(NN)ccc1[N+](=O)[O-])C1CC1. The number of benzene rings is 1. The van der Waals surface area contributed by atoms with Crippen molar-refractivity contribution in [3.63, 3.8) is 0 Å². The number of rotatable bonds is 6. The molecule has 0 spiro atoms. The van der Waals surface area contributed by atoms with Crippen molar-refractivity contribution in [1.29, 1.82) is 0 Å². The summed E-state index contributed by atoms with van der Waals surface area (Å²) in [4.78, 5) is 9.93. The van der Waals surface area contributed by atoms with Crippen LogP contribution in [0, 0.1) is 16.0 Å². The number of nitrogens with two attached hydrogens (primary N) is 1. The molecule has 0 radical (unpaired) electrons. The van der Waals surface area contributed by atoms with E-state index in [9.17, 15) is 18.5 Å². The minimum atomic E-state index is -4.02. The van der Waals surface area contributed by atoms with E-state index in [2.05, 4.69) is 10.1 Å². The molecular formula is C12H18N4O4S. The van der Waals surface area contributed by atoms with Crippen LogP contribution in [0.25, 0.3) is 0 Å². The second kappa shape index (κ2) is 5.24. The predicted molar refractivity (Wildman–Crippen MR) is 78.0 cm³/mol. The Balaban J connectivity index is 2.44. The standard InChI is InChI=1S/C12H18N4O4S/c1-12(2,8-3-4-8)15-21(19,20)11-7-9(14-13)5-6-10(11)16(17)18/h5-8,14-15H,3-4,13H2,1-2H3. The van der Waals surface area contributed by atoms with Gasteiger partial charge in [0.15, 0.2) is 4.90 Å². The minimum Gasteiger partial charge on any atom is -0.324 e. The van der Waals surface area contributed by atoms with Gasteiger partial charge in [0.25, 0.3) is 5.69 Å². The van der Waals surface area contributed by atoms with E-state index in [1.165, 1.54) is 6.07 Å². The molecule has 1 aromatic carbocycles. The van der Waals surface area contributed by atoms with Gasteiger partial charge in [0.1, 0.15) is 0 Å². The first-order valence-corrected chi connectivity index (χ1v) is 7.95. The molecule has 0 bridgehead atoms. The Morgan fingerprint density at radius 1 is 1.38 bits per heavy atom. The lowest BCUT2D eigenvalue weighted by Crippen LogP contribution is -2.45. The highest BCUT2D eigenvalue weighted by Crippen LogP contribution is 2.40. The molecule has 0 aliphatic heterocycles. The molecule has 2 rings (SSSR count). The third-order valence-corrected chi connectivity index (χ3v) is 5.31. The number of nitrogens with zero attached hydrogens (tertiary/aromatic N) is 1. The van der Waals surface area contributed by atoms with E-state index in [0.717, 1.165) is 25.0 Å². The number of sulfonamides is 1. The van der Waals surface area contributed by atoms with Crippen molar-refractivity contribution in [1.82, 2.24) is 4.72 Å². The van der Waals surface area contributed by atoms with Crippen molar-refractivity contribution in [2.45, 2.75) is 37.1 Å². The number of hydrogen-bond acceptors (Lipinski definition) is 6. The monoisotopic (exact) mass is 314 g/mol. The summed E-state index contributed by atoms with van der Waals surface area (Å²) in [6, 6.07) is 3.63. The van der Waals surface area contributed by atoms with Crippen molar-refractivity contribution < 1.29 is 13.3 Å². The average Bonchev–Trinajstić information content (AvgIpc) is 3.21. The smallest absolute Gasteiger partial charge is 0.289 e. The summed E-state index contributed by atoms with van der Waals surface area (Å²) in [5, 5.41) is 11.0. The lowest BCUT2D eigenvalue weighted by Gasteiger charge is -2.25. The van der Waals surface area contributed by atoms with E-state index in [0.29, 0.717) is 0 Å². The van der Waals surface area contributed by atoms with Crippen LogP contribution in [0.5, 0.6) is 0 Å². The largest absolute Gasteiger partial charge is 0.324 e. The minimum absolute atomic E-state index is 0.252. The lowest BCUT2D eigenvalue weighted by atomic mass is 10.0. The molecule has 1 fully saturated rings. The summed E-state index contributed by atoms with van der Waals surface area (Å²) < 4.78 is 27.5. The molecule has 1 saturated carbocycles. The van der Waals surface area contributed by atoms with Crippen molar-refractivity contribution in [3.8, 4) is 0 Å². The molecule has 1 aliphatic carbocycles. The second-order valence-corrected chi connectivity index (χ2v) is 7.34. The van der Waals surface area contributed by atoms with Gasteiger partial charge in [-0.3, -0.25) is 16.0 Å². The molecule has 0 heterocycles. The van der Waals surface area contributed by atoms with Gasteiger partial charge in [0, 0.05) is 11.6 Å². The van der Waals surface area contributed by atoms with Gasteiger partial charge in [-0.1, -0.05) is 0 Å². The molecule has 116 valence electrons. The quantitative estimate of drug-likeness (QED) is 0.413. The molecule has 0 atom stereocenters. The molecule has 1 aromatic rings. The molecule has 1 aliphatic rings. The summed E-state index contributed by atoms with van der Waals surface area (Å²) in [6.45, 7) is 3.55. The summed E-state index contributed by atoms with van der Waals surface area (Å²) >= 11 is 0. The maximum Gasteiger partial charge on any atom is 0.289 e. The summed E-state index contributed by atoms with van der Waals surface area (Å²) in [7, 11) is -4.02. The van der Waals surface area contributed by atoms with E-state index in [-0.39, 0.29) is 11.6 Å². The first-order valence-electron chi connectivity index (χ1n) is 6.46. The molecule has 9 heteroatoms. The molecule has 0 aromatic heterocycles. The zero-order chi connectivity index (χ0) is 15.8. The number of nitro groups is 1. The van der Waals surface area contributed by atoms with Crippen LogP contribution in [0.2, 0.25) is 0 Å². The van der Waals surface area contributed by atoms with Crippen molar-refractivity contribution >= 4 is 21.4 Å². The zero-order valence-corrected chi connectivity index (χ0v) is 12.6. The van der Waals surface area contributed by atoms with Crippen LogP contribution < -0.4 is 16.0 Å². The fourth-order valence-electron chi connectivity index (χ4n) is 2.26. The van der Waals surface area contributed by atoms with Crippen LogP contribution >= 0.6 is 0 Å². The molecule has 0 amide bonds. The first-order chi connectivity index (χ1) is 9.67. The van der Waals surface area contributed by atoms with E-state index >= 15 is 0 Å². The second-order valence-electron chi connectivity index (χ2n) is 5.69. The normalized spacial score (nSPS) is 15.8.